The maximum absolute atomic E-state index is 12.1. The summed E-state index contributed by atoms with van der Waals surface area (Å²) in [6.45, 7) is 1.79. The normalized spacial score (nSPS) is 11.5. The highest BCUT2D eigenvalue weighted by Crippen LogP contribution is 2.26. The zero-order valence-electron chi connectivity index (χ0n) is 16.4. The molecule has 3 aromatic rings. The van der Waals surface area contributed by atoms with Crippen LogP contribution in [-0.2, 0) is 18.4 Å². The molecule has 9 nitrogen and oxygen atoms in total. The van der Waals surface area contributed by atoms with Crippen molar-refractivity contribution in [2.24, 2.45) is 7.05 Å². The SMILES string of the molecule is CC(CO)c1ccc(OC(=O)OCc2c(-c3ccc(O)c(C#N)n3)cnn2C)cc1. The van der Waals surface area contributed by atoms with Gasteiger partial charge in [0.15, 0.2) is 11.4 Å². The molecule has 154 valence electrons. The molecule has 30 heavy (non-hydrogen) atoms. The first kappa shape index (κ1) is 20.8. The minimum absolute atomic E-state index is 0.00989. The highest BCUT2D eigenvalue weighted by Gasteiger charge is 2.17. The van der Waals surface area contributed by atoms with Gasteiger partial charge in [0, 0.05) is 25.1 Å². The molecule has 0 aliphatic carbocycles. The van der Waals surface area contributed by atoms with Crippen LogP contribution in [0.4, 0.5) is 4.79 Å². The third-order valence-corrected chi connectivity index (χ3v) is 4.57. The molecule has 3 rings (SSSR count). The van der Waals surface area contributed by atoms with Crippen LogP contribution >= 0.6 is 0 Å². The molecule has 1 atom stereocenters. The summed E-state index contributed by atoms with van der Waals surface area (Å²) in [4.78, 5) is 16.2. The van der Waals surface area contributed by atoms with E-state index in [1.807, 2.05) is 13.0 Å². The van der Waals surface area contributed by atoms with Gasteiger partial charge in [-0.1, -0.05) is 19.1 Å². The molecule has 0 radical (unpaired) electrons. The first-order valence-electron chi connectivity index (χ1n) is 9.09. The first-order chi connectivity index (χ1) is 14.4. The third kappa shape index (κ3) is 4.56. The van der Waals surface area contributed by atoms with Crippen LogP contribution in [0.5, 0.6) is 11.5 Å². The van der Waals surface area contributed by atoms with Crippen molar-refractivity contribution >= 4 is 6.16 Å². The average molecular weight is 408 g/mol. The molecule has 0 bridgehead atoms. The van der Waals surface area contributed by atoms with Crippen molar-refractivity contribution < 1.29 is 24.5 Å². The summed E-state index contributed by atoms with van der Waals surface area (Å²) in [6.07, 6.45) is 0.646. The summed E-state index contributed by atoms with van der Waals surface area (Å²) in [5.74, 6) is 0.0909. The van der Waals surface area contributed by atoms with Gasteiger partial charge in [-0.15, -0.1) is 0 Å². The molecular weight excluding hydrogens is 388 g/mol. The summed E-state index contributed by atoms with van der Waals surface area (Å²) in [5, 5.41) is 32.0. The summed E-state index contributed by atoms with van der Waals surface area (Å²) < 4.78 is 11.9. The first-order valence-corrected chi connectivity index (χ1v) is 9.09. The number of pyridine rings is 1. The molecule has 0 amide bonds. The van der Waals surface area contributed by atoms with Crippen LogP contribution in [0.1, 0.15) is 29.8 Å². The van der Waals surface area contributed by atoms with Crippen LogP contribution in [0.15, 0.2) is 42.6 Å². The van der Waals surface area contributed by atoms with E-state index in [9.17, 15) is 15.0 Å². The molecule has 2 N–H and O–H groups in total. The Hall–Kier alpha value is -3.90. The van der Waals surface area contributed by atoms with Crippen molar-refractivity contribution in [3.63, 3.8) is 0 Å². The number of benzene rings is 1. The number of carbonyl (C=O) groups excluding carboxylic acids is 1. The minimum atomic E-state index is -0.888. The van der Waals surface area contributed by atoms with E-state index in [4.69, 9.17) is 14.7 Å². The number of aromatic hydroxyl groups is 1. The Morgan fingerprint density at radius 2 is 2.00 bits per heavy atom. The zero-order valence-corrected chi connectivity index (χ0v) is 16.4. The van der Waals surface area contributed by atoms with Gasteiger partial charge in [0.25, 0.3) is 0 Å². The van der Waals surface area contributed by atoms with Crippen LogP contribution < -0.4 is 4.74 Å². The number of nitriles is 1. The standard InChI is InChI=1S/C21H20N4O5/c1-13(11-26)14-3-5-15(6-4-14)30-21(28)29-12-19-16(10-23-25(19)2)17-7-8-20(27)18(9-22)24-17/h3-8,10,13,26-27H,11-12H2,1-2H3. The van der Waals surface area contributed by atoms with E-state index in [2.05, 4.69) is 10.1 Å². The lowest BCUT2D eigenvalue weighted by molar-refractivity contribution is 0.0907. The van der Waals surface area contributed by atoms with Gasteiger partial charge in [0.1, 0.15) is 18.4 Å². The molecule has 0 spiro atoms. The summed E-state index contributed by atoms with van der Waals surface area (Å²) in [7, 11) is 1.68. The van der Waals surface area contributed by atoms with Gasteiger partial charge >= 0.3 is 6.16 Å². The molecule has 0 aliphatic heterocycles. The fourth-order valence-corrected chi connectivity index (χ4v) is 2.75. The Bertz CT molecular complexity index is 1090. The lowest BCUT2D eigenvalue weighted by Gasteiger charge is -2.10. The Morgan fingerprint density at radius 1 is 1.27 bits per heavy atom. The number of aliphatic hydroxyl groups excluding tert-OH is 1. The van der Waals surface area contributed by atoms with Gasteiger partial charge in [-0.3, -0.25) is 4.68 Å². The molecule has 1 aromatic carbocycles. The van der Waals surface area contributed by atoms with E-state index < -0.39 is 6.16 Å². The van der Waals surface area contributed by atoms with Crippen LogP contribution in [0.3, 0.4) is 0 Å². The number of aryl methyl sites for hydroxylation is 1. The number of hydrogen-bond acceptors (Lipinski definition) is 8. The number of ether oxygens (including phenoxy) is 2. The second-order valence-corrected chi connectivity index (χ2v) is 6.60. The van der Waals surface area contributed by atoms with E-state index in [1.165, 1.54) is 16.9 Å². The Kier molecular flexibility index (Phi) is 6.29. The second-order valence-electron chi connectivity index (χ2n) is 6.60. The van der Waals surface area contributed by atoms with Gasteiger partial charge in [0.2, 0.25) is 0 Å². The van der Waals surface area contributed by atoms with Gasteiger partial charge < -0.3 is 19.7 Å². The lowest BCUT2D eigenvalue weighted by Crippen LogP contribution is -2.13. The minimum Gasteiger partial charge on any atom is -0.505 e. The predicted molar refractivity (Wildman–Crippen MR) is 106 cm³/mol. The molecule has 0 fully saturated rings. The van der Waals surface area contributed by atoms with Crippen molar-refractivity contribution in [3.05, 3.63) is 59.5 Å². The molecule has 2 heterocycles. The van der Waals surface area contributed by atoms with Gasteiger partial charge in [0.05, 0.1) is 17.6 Å². The maximum Gasteiger partial charge on any atom is 0.514 e. The molecule has 2 aromatic heterocycles. The fraction of sp³-hybridized carbons (Fsp3) is 0.238. The van der Waals surface area contributed by atoms with Crippen LogP contribution in [0.2, 0.25) is 0 Å². The van der Waals surface area contributed by atoms with Crippen molar-refractivity contribution in [2.75, 3.05) is 6.61 Å². The van der Waals surface area contributed by atoms with Crippen LogP contribution in [0.25, 0.3) is 11.3 Å². The quantitative estimate of drug-likeness (QED) is 0.470. The van der Waals surface area contributed by atoms with E-state index in [1.54, 1.807) is 37.4 Å². The van der Waals surface area contributed by atoms with Crippen molar-refractivity contribution in [2.45, 2.75) is 19.4 Å². The van der Waals surface area contributed by atoms with Crippen molar-refractivity contribution in [3.8, 4) is 28.8 Å². The molecule has 9 heteroatoms. The molecule has 0 saturated carbocycles. The van der Waals surface area contributed by atoms with Crippen LogP contribution in [0, 0.1) is 11.3 Å². The highest BCUT2D eigenvalue weighted by atomic mass is 16.7. The Labute approximate surface area is 172 Å². The summed E-state index contributed by atoms with van der Waals surface area (Å²) in [5.41, 5.74) is 2.33. The number of carbonyl (C=O) groups is 1. The molecule has 1 unspecified atom stereocenters. The molecule has 0 saturated heterocycles. The highest BCUT2D eigenvalue weighted by molar-refractivity contribution is 5.66. The maximum atomic E-state index is 12.1. The summed E-state index contributed by atoms with van der Waals surface area (Å²) in [6, 6.07) is 11.5. The predicted octanol–water partition coefficient (Wildman–Crippen LogP) is 2.87. The smallest absolute Gasteiger partial charge is 0.505 e. The number of nitrogens with zero attached hydrogens (tertiary/aromatic N) is 4. The topological polar surface area (TPSA) is 130 Å². The van der Waals surface area contributed by atoms with E-state index >= 15 is 0 Å². The number of rotatable bonds is 6. The van der Waals surface area contributed by atoms with Crippen LogP contribution in [-0.4, -0.2) is 37.7 Å². The van der Waals surface area contributed by atoms with E-state index in [0.29, 0.717) is 22.7 Å². The fourth-order valence-electron chi connectivity index (χ4n) is 2.75. The zero-order chi connectivity index (χ0) is 21.7. The Balaban J connectivity index is 1.68. The number of aliphatic hydroxyl groups is 1. The molecule has 0 aliphatic rings. The van der Waals surface area contributed by atoms with Crippen molar-refractivity contribution in [1.82, 2.24) is 14.8 Å². The lowest BCUT2D eigenvalue weighted by atomic mass is 10.0. The molecular formula is C21H20N4O5. The largest absolute Gasteiger partial charge is 0.514 e. The number of hydrogen-bond donors (Lipinski definition) is 2. The van der Waals surface area contributed by atoms with Gasteiger partial charge in [-0.25, -0.2) is 9.78 Å². The Morgan fingerprint density at radius 3 is 2.67 bits per heavy atom. The average Bonchev–Trinajstić information content (AvgIpc) is 3.13. The monoisotopic (exact) mass is 408 g/mol. The second kappa shape index (κ2) is 9.07. The third-order valence-electron chi connectivity index (χ3n) is 4.57. The van der Waals surface area contributed by atoms with Gasteiger partial charge in [-0.2, -0.15) is 10.4 Å². The summed E-state index contributed by atoms with van der Waals surface area (Å²) >= 11 is 0. The number of aromatic nitrogens is 3. The van der Waals surface area contributed by atoms with E-state index in [0.717, 1.165) is 5.56 Å². The van der Waals surface area contributed by atoms with E-state index in [-0.39, 0.29) is 30.6 Å². The van der Waals surface area contributed by atoms with Crippen molar-refractivity contribution in [1.29, 1.82) is 5.26 Å². The van der Waals surface area contributed by atoms with Gasteiger partial charge in [-0.05, 0) is 29.8 Å².